The highest BCUT2D eigenvalue weighted by Crippen LogP contribution is 2.31. The SMILES string of the molecule is OCC(=Cc1cc2ccccc2o1)C1CCCCC1. The molecule has 1 aromatic heterocycles. The topological polar surface area (TPSA) is 33.4 Å². The molecular formula is C17H20O2. The Morgan fingerprint density at radius 2 is 2.00 bits per heavy atom. The van der Waals surface area contributed by atoms with Crippen LogP contribution in [0.1, 0.15) is 37.9 Å². The van der Waals surface area contributed by atoms with Gasteiger partial charge in [-0.2, -0.15) is 0 Å². The molecule has 2 aromatic rings. The van der Waals surface area contributed by atoms with Crippen molar-refractivity contribution in [2.24, 2.45) is 5.92 Å². The van der Waals surface area contributed by atoms with Crippen molar-refractivity contribution in [2.75, 3.05) is 6.61 Å². The zero-order chi connectivity index (χ0) is 13.1. The van der Waals surface area contributed by atoms with Gasteiger partial charge in [-0.3, -0.25) is 0 Å². The molecule has 0 atom stereocenters. The van der Waals surface area contributed by atoms with Gasteiger partial charge in [-0.1, -0.05) is 37.5 Å². The molecule has 1 N–H and O–H groups in total. The van der Waals surface area contributed by atoms with E-state index < -0.39 is 0 Å². The number of aliphatic hydroxyl groups excluding tert-OH is 1. The normalized spacial score (nSPS) is 18.1. The van der Waals surface area contributed by atoms with Gasteiger partial charge in [0.15, 0.2) is 0 Å². The summed E-state index contributed by atoms with van der Waals surface area (Å²) >= 11 is 0. The number of hydrogen-bond acceptors (Lipinski definition) is 2. The number of para-hydroxylation sites is 1. The van der Waals surface area contributed by atoms with Crippen LogP contribution in [0.4, 0.5) is 0 Å². The van der Waals surface area contributed by atoms with Crippen LogP contribution in [0.25, 0.3) is 17.0 Å². The Hall–Kier alpha value is -1.54. The molecule has 19 heavy (non-hydrogen) atoms. The average molecular weight is 256 g/mol. The van der Waals surface area contributed by atoms with E-state index in [0.29, 0.717) is 5.92 Å². The number of aliphatic hydroxyl groups is 1. The Morgan fingerprint density at radius 3 is 2.74 bits per heavy atom. The first kappa shape index (κ1) is 12.5. The van der Waals surface area contributed by atoms with Gasteiger partial charge in [0, 0.05) is 5.39 Å². The zero-order valence-electron chi connectivity index (χ0n) is 11.1. The number of fused-ring (bicyclic) bond motifs is 1. The Kier molecular flexibility index (Phi) is 3.69. The second-order valence-electron chi connectivity index (χ2n) is 5.40. The molecule has 0 aliphatic heterocycles. The highest BCUT2D eigenvalue weighted by atomic mass is 16.3. The van der Waals surface area contributed by atoms with E-state index in [2.05, 4.69) is 6.07 Å². The van der Waals surface area contributed by atoms with Gasteiger partial charge in [0.05, 0.1) is 6.61 Å². The fourth-order valence-corrected chi connectivity index (χ4v) is 3.02. The number of benzene rings is 1. The van der Waals surface area contributed by atoms with Crippen molar-refractivity contribution < 1.29 is 9.52 Å². The van der Waals surface area contributed by atoms with Crippen molar-refractivity contribution in [2.45, 2.75) is 32.1 Å². The van der Waals surface area contributed by atoms with E-state index in [1.807, 2.05) is 30.3 Å². The highest BCUT2D eigenvalue weighted by Gasteiger charge is 2.17. The predicted molar refractivity (Wildman–Crippen MR) is 77.9 cm³/mol. The van der Waals surface area contributed by atoms with E-state index >= 15 is 0 Å². The summed E-state index contributed by atoms with van der Waals surface area (Å²) in [6.07, 6.45) is 8.33. The van der Waals surface area contributed by atoms with Crippen LogP contribution in [0.5, 0.6) is 0 Å². The number of furan rings is 1. The monoisotopic (exact) mass is 256 g/mol. The van der Waals surface area contributed by atoms with Gasteiger partial charge in [0.25, 0.3) is 0 Å². The van der Waals surface area contributed by atoms with Gasteiger partial charge in [0.2, 0.25) is 0 Å². The molecule has 0 amide bonds. The summed E-state index contributed by atoms with van der Waals surface area (Å²) < 4.78 is 5.80. The van der Waals surface area contributed by atoms with E-state index in [1.165, 1.54) is 32.1 Å². The largest absolute Gasteiger partial charge is 0.457 e. The van der Waals surface area contributed by atoms with Crippen molar-refractivity contribution in [1.82, 2.24) is 0 Å². The highest BCUT2D eigenvalue weighted by molar-refractivity contribution is 5.79. The Bertz CT molecular complexity index is 541. The molecule has 3 rings (SSSR count). The third-order valence-electron chi connectivity index (χ3n) is 4.08. The van der Waals surface area contributed by atoms with Gasteiger partial charge in [-0.05, 0) is 42.5 Å². The maximum Gasteiger partial charge on any atom is 0.134 e. The van der Waals surface area contributed by atoms with Crippen molar-refractivity contribution in [1.29, 1.82) is 0 Å². The molecule has 1 aromatic carbocycles. The van der Waals surface area contributed by atoms with Gasteiger partial charge in [-0.15, -0.1) is 0 Å². The number of hydrogen-bond donors (Lipinski definition) is 1. The van der Waals surface area contributed by atoms with Crippen LogP contribution in [0, 0.1) is 5.92 Å². The first-order chi connectivity index (χ1) is 9.36. The molecule has 2 heteroatoms. The van der Waals surface area contributed by atoms with Gasteiger partial charge >= 0.3 is 0 Å². The molecule has 1 aliphatic rings. The maximum absolute atomic E-state index is 9.60. The summed E-state index contributed by atoms with van der Waals surface area (Å²) in [5, 5.41) is 10.7. The van der Waals surface area contributed by atoms with Crippen LogP contribution >= 0.6 is 0 Å². The molecule has 100 valence electrons. The summed E-state index contributed by atoms with van der Waals surface area (Å²) in [6.45, 7) is 0.141. The summed E-state index contributed by atoms with van der Waals surface area (Å²) in [5.41, 5.74) is 2.04. The van der Waals surface area contributed by atoms with Crippen LogP contribution in [-0.2, 0) is 0 Å². The van der Waals surface area contributed by atoms with E-state index in [4.69, 9.17) is 4.42 Å². The predicted octanol–water partition coefficient (Wildman–Crippen LogP) is 4.39. The lowest BCUT2D eigenvalue weighted by atomic mass is 9.83. The lowest BCUT2D eigenvalue weighted by molar-refractivity contribution is 0.294. The van der Waals surface area contributed by atoms with Crippen molar-refractivity contribution >= 4 is 17.0 Å². The summed E-state index contributed by atoms with van der Waals surface area (Å²) in [6, 6.07) is 10.1. The molecule has 0 bridgehead atoms. The van der Waals surface area contributed by atoms with Crippen LogP contribution in [0.15, 0.2) is 40.3 Å². The van der Waals surface area contributed by atoms with E-state index in [-0.39, 0.29) is 6.61 Å². The molecule has 1 fully saturated rings. The molecule has 1 saturated carbocycles. The standard InChI is InChI=1S/C17H20O2/c18-12-15(13-6-2-1-3-7-13)11-16-10-14-8-4-5-9-17(14)19-16/h4-5,8-11,13,18H,1-3,6-7,12H2. The minimum Gasteiger partial charge on any atom is -0.457 e. The van der Waals surface area contributed by atoms with E-state index in [0.717, 1.165) is 22.3 Å². The molecule has 0 unspecified atom stereocenters. The third kappa shape index (κ3) is 2.74. The Labute approximate surface area is 113 Å². The second kappa shape index (κ2) is 5.62. The summed E-state index contributed by atoms with van der Waals surface area (Å²) in [5.74, 6) is 1.39. The Balaban J connectivity index is 1.88. The lowest BCUT2D eigenvalue weighted by Gasteiger charge is -2.23. The number of rotatable bonds is 3. The van der Waals surface area contributed by atoms with Gasteiger partial charge in [-0.25, -0.2) is 0 Å². The molecule has 0 saturated heterocycles. The molecule has 1 aliphatic carbocycles. The van der Waals surface area contributed by atoms with Crippen LogP contribution in [0.2, 0.25) is 0 Å². The van der Waals surface area contributed by atoms with Gasteiger partial charge in [0.1, 0.15) is 11.3 Å². The van der Waals surface area contributed by atoms with Crippen molar-refractivity contribution in [3.05, 3.63) is 41.7 Å². The molecule has 0 radical (unpaired) electrons. The first-order valence-electron chi connectivity index (χ1n) is 7.17. The minimum absolute atomic E-state index is 0.141. The smallest absolute Gasteiger partial charge is 0.134 e. The summed E-state index contributed by atoms with van der Waals surface area (Å²) in [7, 11) is 0. The van der Waals surface area contributed by atoms with E-state index in [9.17, 15) is 5.11 Å². The molecular weight excluding hydrogens is 236 g/mol. The third-order valence-corrected chi connectivity index (χ3v) is 4.08. The van der Waals surface area contributed by atoms with Crippen molar-refractivity contribution in [3.8, 4) is 0 Å². The minimum atomic E-state index is 0.141. The zero-order valence-corrected chi connectivity index (χ0v) is 11.1. The molecule has 2 nitrogen and oxygen atoms in total. The van der Waals surface area contributed by atoms with E-state index in [1.54, 1.807) is 0 Å². The second-order valence-corrected chi connectivity index (χ2v) is 5.40. The van der Waals surface area contributed by atoms with Gasteiger partial charge < -0.3 is 9.52 Å². The fourth-order valence-electron chi connectivity index (χ4n) is 3.02. The fraction of sp³-hybridized carbons (Fsp3) is 0.412. The quantitative estimate of drug-likeness (QED) is 0.883. The van der Waals surface area contributed by atoms with Crippen LogP contribution in [0.3, 0.4) is 0 Å². The Morgan fingerprint density at radius 1 is 1.21 bits per heavy atom. The van der Waals surface area contributed by atoms with Crippen LogP contribution in [-0.4, -0.2) is 11.7 Å². The maximum atomic E-state index is 9.60. The molecule has 0 spiro atoms. The first-order valence-corrected chi connectivity index (χ1v) is 7.17. The van der Waals surface area contributed by atoms with Crippen LogP contribution < -0.4 is 0 Å². The van der Waals surface area contributed by atoms with Crippen molar-refractivity contribution in [3.63, 3.8) is 0 Å². The average Bonchev–Trinajstić information content (AvgIpc) is 2.88. The summed E-state index contributed by atoms with van der Waals surface area (Å²) in [4.78, 5) is 0. The molecule has 1 heterocycles. The lowest BCUT2D eigenvalue weighted by Crippen LogP contribution is -2.11.